The summed E-state index contributed by atoms with van der Waals surface area (Å²) in [5, 5.41) is 11.1. The Morgan fingerprint density at radius 1 is 1.10 bits per heavy atom. The average Bonchev–Trinajstić information content (AvgIpc) is 2.45. The minimum Gasteiger partial charge on any atom is -0.448 e. The number of halogens is 3. The van der Waals surface area contributed by atoms with E-state index in [2.05, 4.69) is 5.16 Å². The summed E-state index contributed by atoms with van der Waals surface area (Å²) >= 11 is 0. The van der Waals surface area contributed by atoms with Gasteiger partial charge in [0.05, 0.1) is 0 Å². The van der Waals surface area contributed by atoms with E-state index in [1.54, 1.807) is 6.92 Å². The van der Waals surface area contributed by atoms with Crippen LogP contribution in [0, 0.1) is 24.4 Å². The van der Waals surface area contributed by atoms with E-state index in [1.807, 2.05) is 0 Å². The van der Waals surface area contributed by atoms with Crippen molar-refractivity contribution in [1.82, 2.24) is 0 Å². The molecule has 0 aliphatic carbocycles. The Kier molecular flexibility index (Phi) is 4.02. The highest BCUT2D eigenvalue weighted by Gasteiger charge is 2.17. The minimum atomic E-state index is -1.10. The first-order valence-corrected chi connectivity index (χ1v) is 5.83. The monoisotopic (exact) mass is 296 g/mol. The number of nitrogens with two attached hydrogens (primary N) is 1. The van der Waals surface area contributed by atoms with Crippen molar-refractivity contribution in [3.05, 3.63) is 58.9 Å². The molecule has 2 rings (SSSR count). The van der Waals surface area contributed by atoms with Crippen molar-refractivity contribution < 1.29 is 23.1 Å². The van der Waals surface area contributed by atoms with Gasteiger partial charge in [-0.1, -0.05) is 11.2 Å². The Hall–Kier alpha value is -2.70. The van der Waals surface area contributed by atoms with E-state index in [-0.39, 0.29) is 11.3 Å². The van der Waals surface area contributed by atoms with Gasteiger partial charge in [-0.15, -0.1) is 0 Å². The number of oxime groups is 1. The van der Waals surface area contributed by atoms with E-state index in [4.69, 9.17) is 15.7 Å². The number of nitrogens with zero attached hydrogens (tertiary/aromatic N) is 1. The molecule has 0 bridgehead atoms. The SMILES string of the molecule is Cc1ccc(F)c(Oc2c(F)cc(/C(N)=N/O)cc2F)c1. The summed E-state index contributed by atoms with van der Waals surface area (Å²) in [5.74, 6) is -4.48. The van der Waals surface area contributed by atoms with Crippen LogP contribution in [0.15, 0.2) is 35.5 Å². The molecule has 0 saturated heterocycles. The molecule has 0 spiro atoms. The van der Waals surface area contributed by atoms with Crippen LogP contribution in [0.25, 0.3) is 0 Å². The molecular weight excluding hydrogens is 285 g/mol. The van der Waals surface area contributed by atoms with Crippen LogP contribution in [-0.2, 0) is 0 Å². The van der Waals surface area contributed by atoms with Crippen molar-refractivity contribution in [2.45, 2.75) is 6.92 Å². The van der Waals surface area contributed by atoms with Crippen molar-refractivity contribution >= 4 is 5.84 Å². The molecule has 0 fully saturated rings. The second kappa shape index (κ2) is 5.74. The van der Waals surface area contributed by atoms with Crippen LogP contribution in [0.1, 0.15) is 11.1 Å². The van der Waals surface area contributed by atoms with Gasteiger partial charge < -0.3 is 15.7 Å². The predicted molar refractivity (Wildman–Crippen MR) is 70.1 cm³/mol. The smallest absolute Gasteiger partial charge is 0.198 e. The summed E-state index contributed by atoms with van der Waals surface area (Å²) in [7, 11) is 0. The Morgan fingerprint density at radius 2 is 1.71 bits per heavy atom. The third-order valence-corrected chi connectivity index (χ3v) is 2.70. The highest BCUT2D eigenvalue weighted by molar-refractivity contribution is 5.97. The normalized spacial score (nSPS) is 11.5. The van der Waals surface area contributed by atoms with Crippen molar-refractivity contribution in [2.24, 2.45) is 10.9 Å². The number of rotatable bonds is 3. The van der Waals surface area contributed by atoms with Gasteiger partial charge in [0.1, 0.15) is 0 Å². The van der Waals surface area contributed by atoms with E-state index >= 15 is 0 Å². The largest absolute Gasteiger partial charge is 0.448 e. The second-order valence-corrected chi connectivity index (χ2v) is 4.29. The molecule has 0 aliphatic heterocycles. The second-order valence-electron chi connectivity index (χ2n) is 4.29. The first-order chi connectivity index (χ1) is 9.92. The summed E-state index contributed by atoms with van der Waals surface area (Å²) in [6.45, 7) is 1.68. The topological polar surface area (TPSA) is 67.8 Å². The molecular formula is C14H11F3N2O2. The first-order valence-electron chi connectivity index (χ1n) is 5.83. The van der Waals surface area contributed by atoms with Crippen molar-refractivity contribution in [3.63, 3.8) is 0 Å². The summed E-state index contributed by atoms with van der Waals surface area (Å²) in [6, 6.07) is 5.58. The lowest BCUT2D eigenvalue weighted by molar-refractivity contribution is 0.318. The zero-order chi connectivity index (χ0) is 15.6. The highest BCUT2D eigenvalue weighted by atomic mass is 19.1. The van der Waals surface area contributed by atoms with Gasteiger partial charge in [0.25, 0.3) is 0 Å². The average molecular weight is 296 g/mol. The quantitative estimate of drug-likeness (QED) is 0.395. The van der Waals surface area contributed by atoms with Crippen LogP contribution in [0.4, 0.5) is 13.2 Å². The summed E-state index contributed by atoms with van der Waals surface area (Å²) in [6.07, 6.45) is 0. The van der Waals surface area contributed by atoms with E-state index in [0.717, 1.165) is 18.2 Å². The molecule has 0 atom stereocenters. The van der Waals surface area contributed by atoms with E-state index in [9.17, 15) is 13.2 Å². The molecule has 21 heavy (non-hydrogen) atoms. The summed E-state index contributed by atoms with van der Waals surface area (Å²) in [4.78, 5) is 0. The van der Waals surface area contributed by atoms with Gasteiger partial charge in [0.15, 0.2) is 34.8 Å². The zero-order valence-corrected chi connectivity index (χ0v) is 10.9. The van der Waals surface area contributed by atoms with Crippen LogP contribution in [0.2, 0.25) is 0 Å². The molecule has 0 amide bonds. The number of aryl methyl sites for hydroxylation is 1. The fourth-order valence-corrected chi connectivity index (χ4v) is 1.66. The Balaban J connectivity index is 2.43. The Morgan fingerprint density at radius 3 is 2.29 bits per heavy atom. The number of hydrogen-bond donors (Lipinski definition) is 2. The predicted octanol–water partition coefficient (Wildman–Crippen LogP) is 3.30. The molecule has 0 radical (unpaired) electrons. The summed E-state index contributed by atoms with van der Waals surface area (Å²) in [5.41, 5.74) is 5.75. The van der Waals surface area contributed by atoms with Gasteiger partial charge in [-0.25, -0.2) is 13.2 Å². The number of benzene rings is 2. The molecule has 0 heterocycles. The van der Waals surface area contributed by atoms with Gasteiger partial charge in [-0.2, -0.15) is 0 Å². The zero-order valence-electron chi connectivity index (χ0n) is 10.9. The minimum absolute atomic E-state index is 0.162. The number of amidine groups is 1. The van der Waals surface area contributed by atoms with Crippen LogP contribution in [0.5, 0.6) is 11.5 Å². The number of ether oxygens (including phenoxy) is 1. The molecule has 4 nitrogen and oxygen atoms in total. The standard InChI is InChI=1S/C14H11F3N2O2/c1-7-2-3-9(15)12(4-7)21-13-10(16)5-8(6-11(13)17)14(18)19-20/h2-6,20H,1H3,(H2,18,19). The maximum Gasteiger partial charge on any atom is 0.198 e. The highest BCUT2D eigenvalue weighted by Crippen LogP contribution is 2.30. The summed E-state index contributed by atoms with van der Waals surface area (Å²) < 4.78 is 46.2. The van der Waals surface area contributed by atoms with Crippen LogP contribution in [0.3, 0.4) is 0 Å². The van der Waals surface area contributed by atoms with Gasteiger partial charge in [-0.3, -0.25) is 0 Å². The Bertz CT molecular complexity index is 694. The molecule has 110 valence electrons. The lowest BCUT2D eigenvalue weighted by Crippen LogP contribution is -2.14. The lowest BCUT2D eigenvalue weighted by Gasteiger charge is -2.10. The van der Waals surface area contributed by atoms with Crippen molar-refractivity contribution in [1.29, 1.82) is 0 Å². The van der Waals surface area contributed by atoms with E-state index < -0.39 is 29.0 Å². The van der Waals surface area contributed by atoms with Crippen LogP contribution >= 0.6 is 0 Å². The van der Waals surface area contributed by atoms with Crippen LogP contribution in [-0.4, -0.2) is 11.0 Å². The molecule has 0 aliphatic rings. The van der Waals surface area contributed by atoms with Gasteiger partial charge in [0.2, 0.25) is 0 Å². The molecule has 2 aromatic rings. The maximum atomic E-state index is 13.8. The van der Waals surface area contributed by atoms with E-state index in [1.165, 1.54) is 12.1 Å². The maximum absolute atomic E-state index is 13.8. The van der Waals surface area contributed by atoms with Gasteiger partial charge >= 0.3 is 0 Å². The molecule has 2 aromatic carbocycles. The first kappa shape index (κ1) is 14.7. The van der Waals surface area contributed by atoms with Gasteiger partial charge in [-0.05, 0) is 36.8 Å². The fraction of sp³-hybridized carbons (Fsp3) is 0.0714. The van der Waals surface area contributed by atoms with E-state index in [0.29, 0.717) is 5.56 Å². The molecule has 0 aromatic heterocycles. The lowest BCUT2D eigenvalue weighted by atomic mass is 10.2. The fourth-order valence-electron chi connectivity index (χ4n) is 1.66. The molecule has 3 N–H and O–H groups in total. The van der Waals surface area contributed by atoms with Crippen molar-refractivity contribution in [3.8, 4) is 11.5 Å². The van der Waals surface area contributed by atoms with Gasteiger partial charge in [0, 0.05) is 5.56 Å². The van der Waals surface area contributed by atoms with Crippen LogP contribution < -0.4 is 10.5 Å². The van der Waals surface area contributed by atoms with Crippen molar-refractivity contribution in [2.75, 3.05) is 0 Å². The molecule has 0 saturated carbocycles. The third kappa shape index (κ3) is 3.07. The number of hydrogen-bond acceptors (Lipinski definition) is 3. The molecule has 0 unspecified atom stereocenters. The Labute approximate surface area is 118 Å². The molecule has 7 heteroatoms. The third-order valence-electron chi connectivity index (χ3n) is 2.70.